The smallest absolute Gasteiger partial charge is 0.326 e. The average molecular weight is 234 g/mol. The van der Waals surface area contributed by atoms with Gasteiger partial charge in [-0.05, 0) is 32.3 Å². The molecule has 0 saturated heterocycles. The average Bonchev–Trinajstić information content (AvgIpc) is 2.10. The SMILES string of the molecule is CSCC[C@@H](NC(=O)NC(C)C)C(=O)O. The fraction of sp³-hybridized carbons (Fsp3) is 0.778. The van der Waals surface area contributed by atoms with Crippen LogP contribution in [0.3, 0.4) is 0 Å². The van der Waals surface area contributed by atoms with E-state index in [9.17, 15) is 9.59 Å². The minimum Gasteiger partial charge on any atom is -0.480 e. The Morgan fingerprint density at radius 2 is 1.93 bits per heavy atom. The lowest BCUT2D eigenvalue weighted by Crippen LogP contribution is -2.48. The fourth-order valence-corrected chi connectivity index (χ4v) is 1.43. The molecule has 0 saturated carbocycles. The van der Waals surface area contributed by atoms with Crippen LogP contribution in [0.2, 0.25) is 0 Å². The lowest BCUT2D eigenvalue weighted by Gasteiger charge is -2.15. The molecule has 0 heterocycles. The summed E-state index contributed by atoms with van der Waals surface area (Å²) in [6.07, 6.45) is 2.33. The zero-order valence-electron chi connectivity index (χ0n) is 9.24. The van der Waals surface area contributed by atoms with E-state index in [1.807, 2.05) is 20.1 Å². The first-order chi connectivity index (χ1) is 6.97. The quantitative estimate of drug-likeness (QED) is 0.638. The summed E-state index contributed by atoms with van der Waals surface area (Å²) in [5, 5.41) is 13.8. The molecule has 0 aromatic rings. The van der Waals surface area contributed by atoms with Gasteiger partial charge >= 0.3 is 12.0 Å². The van der Waals surface area contributed by atoms with E-state index in [0.29, 0.717) is 12.2 Å². The highest BCUT2D eigenvalue weighted by Crippen LogP contribution is 2.00. The van der Waals surface area contributed by atoms with Gasteiger partial charge in [-0.25, -0.2) is 9.59 Å². The van der Waals surface area contributed by atoms with Crippen molar-refractivity contribution < 1.29 is 14.7 Å². The molecule has 0 aliphatic carbocycles. The Morgan fingerprint density at radius 3 is 2.33 bits per heavy atom. The first-order valence-electron chi connectivity index (χ1n) is 4.76. The number of urea groups is 1. The molecule has 3 N–H and O–H groups in total. The van der Waals surface area contributed by atoms with E-state index in [0.717, 1.165) is 0 Å². The van der Waals surface area contributed by atoms with Gasteiger partial charge in [0.15, 0.2) is 0 Å². The predicted molar refractivity (Wildman–Crippen MR) is 61.2 cm³/mol. The van der Waals surface area contributed by atoms with Gasteiger partial charge in [0.05, 0.1) is 0 Å². The number of hydrogen-bond acceptors (Lipinski definition) is 3. The number of rotatable bonds is 6. The normalized spacial score (nSPS) is 12.3. The molecule has 0 rings (SSSR count). The maximum atomic E-state index is 11.2. The number of nitrogens with one attached hydrogen (secondary N) is 2. The van der Waals surface area contributed by atoms with Crippen molar-refractivity contribution in [2.75, 3.05) is 12.0 Å². The standard InChI is InChI=1S/C9H18N2O3S/c1-6(2)10-9(14)11-7(8(12)13)4-5-15-3/h6-7H,4-5H2,1-3H3,(H,12,13)(H2,10,11,14)/t7-/m1/s1. The molecule has 0 unspecified atom stereocenters. The van der Waals surface area contributed by atoms with Crippen LogP contribution in [0.1, 0.15) is 20.3 Å². The van der Waals surface area contributed by atoms with Crippen molar-refractivity contribution in [2.24, 2.45) is 0 Å². The van der Waals surface area contributed by atoms with Crippen LogP contribution >= 0.6 is 11.8 Å². The van der Waals surface area contributed by atoms with E-state index in [4.69, 9.17) is 5.11 Å². The maximum absolute atomic E-state index is 11.2. The van der Waals surface area contributed by atoms with Gasteiger partial charge in [-0.3, -0.25) is 0 Å². The van der Waals surface area contributed by atoms with E-state index in [-0.39, 0.29) is 6.04 Å². The molecule has 15 heavy (non-hydrogen) atoms. The Bertz CT molecular complexity index is 221. The van der Waals surface area contributed by atoms with Crippen LogP contribution in [-0.4, -0.2) is 41.2 Å². The topological polar surface area (TPSA) is 78.4 Å². The first kappa shape index (κ1) is 14.1. The Labute approximate surface area is 94.0 Å². The van der Waals surface area contributed by atoms with E-state index in [1.54, 1.807) is 11.8 Å². The summed E-state index contributed by atoms with van der Waals surface area (Å²) in [5.41, 5.74) is 0. The Kier molecular flexibility index (Phi) is 6.94. The van der Waals surface area contributed by atoms with Crippen LogP contribution in [0.25, 0.3) is 0 Å². The van der Waals surface area contributed by atoms with Crippen LogP contribution in [0.4, 0.5) is 4.79 Å². The van der Waals surface area contributed by atoms with E-state index >= 15 is 0 Å². The third-order valence-corrected chi connectivity index (χ3v) is 2.28. The maximum Gasteiger partial charge on any atom is 0.326 e. The van der Waals surface area contributed by atoms with Gasteiger partial charge in [0, 0.05) is 6.04 Å². The van der Waals surface area contributed by atoms with Crippen LogP contribution in [0, 0.1) is 0 Å². The third-order valence-electron chi connectivity index (χ3n) is 1.63. The van der Waals surface area contributed by atoms with E-state index in [2.05, 4.69) is 10.6 Å². The minimum atomic E-state index is -0.997. The first-order valence-corrected chi connectivity index (χ1v) is 6.15. The van der Waals surface area contributed by atoms with Crippen LogP contribution < -0.4 is 10.6 Å². The number of carboxylic acid groups (broad SMARTS) is 1. The summed E-state index contributed by atoms with van der Waals surface area (Å²) in [4.78, 5) is 22.0. The van der Waals surface area contributed by atoms with Gasteiger partial charge in [0.1, 0.15) is 6.04 Å². The molecule has 5 nitrogen and oxygen atoms in total. The van der Waals surface area contributed by atoms with Gasteiger partial charge in [-0.15, -0.1) is 0 Å². The molecule has 0 radical (unpaired) electrons. The molecular formula is C9H18N2O3S. The van der Waals surface area contributed by atoms with Gasteiger partial charge < -0.3 is 15.7 Å². The second kappa shape index (κ2) is 7.39. The van der Waals surface area contributed by atoms with Crippen molar-refractivity contribution in [1.29, 1.82) is 0 Å². The molecule has 1 atom stereocenters. The lowest BCUT2D eigenvalue weighted by molar-refractivity contribution is -0.139. The number of aliphatic carboxylic acids is 1. The van der Waals surface area contributed by atoms with Crippen molar-refractivity contribution in [1.82, 2.24) is 10.6 Å². The summed E-state index contributed by atoms with van der Waals surface area (Å²) in [5.74, 6) is -0.290. The summed E-state index contributed by atoms with van der Waals surface area (Å²) in [6.45, 7) is 3.63. The molecule has 6 heteroatoms. The number of thioether (sulfide) groups is 1. The Morgan fingerprint density at radius 1 is 1.33 bits per heavy atom. The minimum absolute atomic E-state index is 0.00000459. The zero-order valence-corrected chi connectivity index (χ0v) is 10.1. The van der Waals surface area contributed by atoms with Crippen molar-refractivity contribution in [3.8, 4) is 0 Å². The van der Waals surface area contributed by atoms with Crippen LogP contribution in [0.15, 0.2) is 0 Å². The molecule has 0 aliphatic rings. The molecule has 0 aliphatic heterocycles. The van der Waals surface area contributed by atoms with Gasteiger partial charge in [-0.2, -0.15) is 11.8 Å². The highest BCUT2D eigenvalue weighted by Gasteiger charge is 2.19. The summed E-state index contributed by atoms with van der Waals surface area (Å²) >= 11 is 1.55. The highest BCUT2D eigenvalue weighted by atomic mass is 32.2. The summed E-state index contributed by atoms with van der Waals surface area (Å²) in [6, 6.07) is -1.24. The van der Waals surface area contributed by atoms with Crippen molar-refractivity contribution in [3.63, 3.8) is 0 Å². The molecule has 0 aromatic heterocycles. The molecule has 88 valence electrons. The van der Waals surface area contributed by atoms with Crippen molar-refractivity contribution in [2.45, 2.75) is 32.4 Å². The highest BCUT2D eigenvalue weighted by molar-refractivity contribution is 7.98. The Hall–Kier alpha value is -0.910. The molecule has 0 bridgehead atoms. The number of carbonyl (C=O) groups is 2. The fourth-order valence-electron chi connectivity index (χ4n) is 0.955. The second-order valence-electron chi connectivity index (χ2n) is 3.44. The molecule has 0 spiro atoms. The molecular weight excluding hydrogens is 216 g/mol. The van der Waals surface area contributed by atoms with Gasteiger partial charge in [-0.1, -0.05) is 0 Å². The third kappa shape index (κ3) is 7.07. The summed E-state index contributed by atoms with van der Waals surface area (Å²) in [7, 11) is 0. The number of carboxylic acids is 1. The monoisotopic (exact) mass is 234 g/mol. The Balaban J connectivity index is 4.04. The van der Waals surface area contributed by atoms with Gasteiger partial charge in [0.2, 0.25) is 0 Å². The predicted octanol–water partition coefficient (Wildman–Crippen LogP) is 0.900. The van der Waals surface area contributed by atoms with E-state index < -0.39 is 18.0 Å². The van der Waals surface area contributed by atoms with E-state index in [1.165, 1.54) is 0 Å². The molecule has 0 fully saturated rings. The molecule has 0 aromatic carbocycles. The van der Waals surface area contributed by atoms with Crippen LogP contribution in [-0.2, 0) is 4.79 Å². The second-order valence-corrected chi connectivity index (χ2v) is 4.43. The number of amides is 2. The van der Waals surface area contributed by atoms with Crippen LogP contribution in [0.5, 0.6) is 0 Å². The van der Waals surface area contributed by atoms with Crippen molar-refractivity contribution in [3.05, 3.63) is 0 Å². The zero-order chi connectivity index (χ0) is 11.8. The summed E-state index contributed by atoms with van der Waals surface area (Å²) < 4.78 is 0. The molecule has 2 amide bonds. The number of carbonyl (C=O) groups excluding carboxylic acids is 1. The van der Waals surface area contributed by atoms with Crippen molar-refractivity contribution >= 4 is 23.8 Å². The lowest BCUT2D eigenvalue weighted by atomic mass is 10.2. The largest absolute Gasteiger partial charge is 0.480 e. The number of hydrogen-bond donors (Lipinski definition) is 3. The van der Waals surface area contributed by atoms with Gasteiger partial charge in [0.25, 0.3) is 0 Å².